The van der Waals surface area contributed by atoms with Crippen LogP contribution in [-0.4, -0.2) is 40.4 Å². The smallest absolute Gasteiger partial charge is 0.211 e. The quantitative estimate of drug-likeness (QED) is 0.748. The summed E-state index contributed by atoms with van der Waals surface area (Å²) < 4.78 is 103. The predicted octanol–water partition coefficient (Wildman–Crippen LogP) is 0.453. The van der Waals surface area contributed by atoms with Crippen molar-refractivity contribution >= 4 is 20.0 Å². The fourth-order valence-electron chi connectivity index (χ4n) is 0.801. The largest absolute Gasteiger partial charge is 0.404 e. The van der Waals surface area contributed by atoms with Gasteiger partial charge in [0.1, 0.15) is 5.75 Å². The molecule has 0 unspecified atom stereocenters. The topological polar surface area (TPSA) is 80.3 Å². The Labute approximate surface area is 94.1 Å². The second-order valence-corrected chi connectivity index (χ2v) is 6.99. The van der Waals surface area contributed by atoms with Gasteiger partial charge in [-0.2, -0.15) is 13.2 Å². The zero-order valence-electron chi connectivity index (χ0n) is 8.25. The first kappa shape index (κ1) is 16.5. The van der Waals surface area contributed by atoms with Gasteiger partial charge in [-0.3, -0.25) is 0 Å². The maximum Gasteiger partial charge on any atom is 0.404 e. The van der Waals surface area contributed by atoms with Crippen LogP contribution in [0.1, 0.15) is 6.92 Å². The summed E-state index contributed by atoms with van der Waals surface area (Å²) in [5.41, 5.74) is 0. The zero-order chi connectivity index (χ0) is 14.1. The Balaban J connectivity index is 4.86. The van der Waals surface area contributed by atoms with Gasteiger partial charge in [0, 0.05) is 6.92 Å². The highest BCUT2D eigenvalue weighted by molar-refractivity contribution is 8.04. The first-order valence-corrected chi connectivity index (χ1v) is 7.11. The summed E-state index contributed by atoms with van der Waals surface area (Å²) in [4.78, 5) is 0. The standard InChI is InChI=1S/C5H8F5NO4S2/c1-4(6,7)2-16(12,13)11-17(14,15)3-5(8,9)10/h11H,2-3H2,1H3. The Morgan fingerprint density at radius 2 is 1.24 bits per heavy atom. The molecule has 0 saturated heterocycles. The van der Waals surface area contributed by atoms with Crippen molar-refractivity contribution < 1.29 is 38.8 Å². The van der Waals surface area contributed by atoms with Crippen LogP contribution in [0.3, 0.4) is 0 Å². The van der Waals surface area contributed by atoms with E-state index in [1.807, 2.05) is 0 Å². The van der Waals surface area contributed by atoms with Gasteiger partial charge in [-0.1, -0.05) is 0 Å². The molecule has 0 atom stereocenters. The zero-order valence-corrected chi connectivity index (χ0v) is 9.89. The van der Waals surface area contributed by atoms with Crippen molar-refractivity contribution in [1.82, 2.24) is 4.13 Å². The summed E-state index contributed by atoms with van der Waals surface area (Å²) >= 11 is 0. The molecule has 17 heavy (non-hydrogen) atoms. The van der Waals surface area contributed by atoms with Crippen molar-refractivity contribution in [3.8, 4) is 0 Å². The summed E-state index contributed by atoms with van der Waals surface area (Å²) in [6.45, 7) is 0.183. The number of hydrogen-bond donors (Lipinski definition) is 1. The molecule has 0 aliphatic carbocycles. The van der Waals surface area contributed by atoms with E-state index in [0.29, 0.717) is 4.13 Å². The molecule has 0 aromatic heterocycles. The van der Waals surface area contributed by atoms with E-state index in [1.54, 1.807) is 0 Å². The lowest BCUT2D eigenvalue weighted by Crippen LogP contribution is -2.41. The highest BCUT2D eigenvalue weighted by Crippen LogP contribution is 2.18. The average molecular weight is 305 g/mol. The fraction of sp³-hybridized carbons (Fsp3) is 1.00. The van der Waals surface area contributed by atoms with E-state index >= 15 is 0 Å². The summed E-state index contributed by atoms with van der Waals surface area (Å²) in [6, 6.07) is 0. The fourth-order valence-corrected chi connectivity index (χ4v) is 3.92. The summed E-state index contributed by atoms with van der Waals surface area (Å²) in [7, 11) is -10.3. The highest BCUT2D eigenvalue weighted by Gasteiger charge is 2.39. The van der Waals surface area contributed by atoms with Gasteiger partial charge in [-0.05, 0) is 0 Å². The molecule has 0 amide bonds. The van der Waals surface area contributed by atoms with Crippen molar-refractivity contribution in [3.63, 3.8) is 0 Å². The van der Waals surface area contributed by atoms with Crippen LogP contribution in [0.5, 0.6) is 0 Å². The van der Waals surface area contributed by atoms with Gasteiger partial charge in [0.2, 0.25) is 20.0 Å². The lowest BCUT2D eigenvalue weighted by molar-refractivity contribution is -0.106. The van der Waals surface area contributed by atoms with Crippen LogP contribution in [0.2, 0.25) is 0 Å². The molecule has 12 heteroatoms. The van der Waals surface area contributed by atoms with Crippen LogP contribution in [0.4, 0.5) is 22.0 Å². The van der Waals surface area contributed by atoms with Crippen LogP contribution in [0, 0.1) is 0 Å². The molecule has 0 rings (SSSR count). The Bertz CT molecular complexity index is 416. The van der Waals surface area contributed by atoms with Gasteiger partial charge in [-0.15, -0.1) is 4.13 Å². The molecule has 0 heterocycles. The third-order valence-corrected chi connectivity index (χ3v) is 4.68. The van der Waals surface area contributed by atoms with Gasteiger partial charge >= 0.3 is 6.18 Å². The number of alkyl halides is 5. The Morgan fingerprint density at radius 1 is 0.882 bits per heavy atom. The molecule has 0 aromatic rings. The molecule has 0 aliphatic heterocycles. The molecule has 1 N–H and O–H groups in total. The molecule has 0 aromatic carbocycles. The normalized spacial score (nSPS) is 14.9. The second kappa shape index (κ2) is 4.65. The van der Waals surface area contributed by atoms with Gasteiger partial charge < -0.3 is 0 Å². The molecule has 5 nitrogen and oxygen atoms in total. The third kappa shape index (κ3) is 9.23. The summed E-state index contributed by atoms with van der Waals surface area (Å²) in [5.74, 6) is -8.15. The van der Waals surface area contributed by atoms with E-state index in [9.17, 15) is 38.8 Å². The number of hydrogen-bond acceptors (Lipinski definition) is 4. The van der Waals surface area contributed by atoms with Crippen molar-refractivity contribution in [2.45, 2.75) is 19.0 Å². The molecule has 0 bridgehead atoms. The number of rotatable bonds is 5. The number of halogens is 5. The minimum atomic E-state index is -5.27. The van der Waals surface area contributed by atoms with E-state index in [2.05, 4.69) is 0 Å². The lowest BCUT2D eigenvalue weighted by atomic mass is 10.5. The van der Waals surface area contributed by atoms with Crippen LogP contribution in [0.15, 0.2) is 0 Å². The maximum absolute atomic E-state index is 12.3. The van der Waals surface area contributed by atoms with Gasteiger partial charge in [0.05, 0.1) is 0 Å². The Kier molecular flexibility index (Phi) is 4.51. The van der Waals surface area contributed by atoms with E-state index in [-0.39, 0.29) is 6.92 Å². The molecular weight excluding hydrogens is 297 g/mol. The summed E-state index contributed by atoms with van der Waals surface area (Å²) in [5, 5.41) is 0. The first-order chi connectivity index (χ1) is 7.12. The van der Waals surface area contributed by atoms with Crippen molar-refractivity contribution in [1.29, 1.82) is 0 Å². The minimum absolute atomic E-state index is 0.183. The van der Waals surface area contributed by atoms with Gasteiger partial charge in [-0.25, -0.2) is 25.6 Å². The molecule has 0 aliphatic rings. The highest BCUT2D eigenvalue weighted by atomic mass is 32.3. The molecular formula is C5H8F5NO4S2. The van der Waals surface area contributed by atoms with E-state index < -0.39 is 43.7 Å². The van der Waals surface area contributed by atoms with Gasteiger partial charge in [0.15, 0.2) is 5.75 Å². The molecule has 0 spiro atoms. The molecule has 104 valence electrons. The minimum Gasteiger partial charge on any atom is -0.211 e. The second-order valence-electron chi connectivity index (χ2n) is 3.29. The van der Waals surface area contributed by atoms with E-state index in [0.717, 1.165) is 0 Å². The van der Waals surface area contributed by atoms with Crippen molar-refractivity contribution in [2.24, 2.45) is 0 Å². The van der Waals surface area contributed by atoms with Gasteiger partial charge in [0.25, 0.3) is 5.92 Å². The molecule has 0 saturated carbocycles. The molecule has 0 fully saturated rings. The monoisotopic (exact) mass is 305 g/mol. The Morgan fingerprint density at radius 3 is 1.53 bits per heavy atom. The first-order valence-electron chi connectivity index (χ1n) is 3.80. The number of nitrogens with one attached hydrogen (secondary N) is 1. The van der Waals surface area contributed by atoms with Crippen LogP contribution in [0.25, 0.3) is 0 Å². The van der Waals surface area contributed by atoms with E-state index in [1.165, 1.54) is 0 Å². The third-order valence-electron chi connectivity index (χ3n) is 1.05. The average Bonchev–Trinajstić information content (AvgIpc) is 1.65. The lowest BCUT2D eigenvalue weighted by Gasteiger charge is -2.12. The number of sulfonamides is 2. The maximum atomic E-state index is 12.3. The van der Waals surface area contributed by atoms with Crippen LogP contribution >= 0.6 is 0 Å². The van der Waals surface area contributed by atoms with Crippen LogP contribution < -0.4 is 4.13 Å². The predicted molar refractivity (Wildman–Crippen MR) is 47.4 cm³/mol. The summed E-state index contributed by atoms with van der Waals surface area (Å²) in [6.07, 6.45) is -5.17. The Hall–Kier alpha value is -0.490. The van der Waals surface area contributed by atoms with Crippen LogP contribution in [-0.2, 0) is 20.0 Å². The van der Waals surface area contributed by atoms with Crippen molar-refractivity contribution in [2.75, 3.05) is 11.5 Å². The molecule has 0 radical (unpaired) electrons. The van der Waals surface area contributed by atoms with E-state index in [4.69, 9.17) is 0 Å². The SMILES string of the molecule is CC(F)(F)CS(=O)(=O)NS(=O)(=O)CC(F)(F)F. The van der Waals surface area contributed by atoms with Crippen molar-refractivity contribution in [3.05, 3.63) is 0 Å².